The Balaban J connectivity index is 1.34. The van der Waals surface area contributed by atoms with Gasteiger partial charge in [0.25, 0.3) is 0 Å². The molecule has 4 rings (SSSR count). The first-order valence-electron chi connectivity index (χ1n) is 11.3. The van der Waals surface area contributed by atoms with Gasteiger partial charge >= 0.3 is 6.03 Å². The van der Waals surface area contributed by atoms with Crippen molar-refractivity contribution < 1.29 is 13.2 Å². The van der Waals surface area contributed by atoms with Crippen LogP contribution in [-0.2, 0) is 22.1 Å². The summed E-state index contributed by atoms with van der Waals surface area (Å²) in [5, 5.41) is 5.51. The minimum absolute atomic E-state index is 0.0318. The van der Waals surface area contributed by atoms with Gasteiger partial charge in [0.1, 0.15) is 0 Å². The van der Waals surface area contributed by atoms with Crippen LogP contribution in [0.3, 0.4) is 0 Å². The fourth-order valence-electron chi connectivity index (χ4n) is 4.09. The maximum Gasteiger partial charge on any atom is 0.319 e. The van der Waals surface area contributed by atoms with Crippen LogP contribution in [0.5, 0.6) is 0 Å². The Morgan fingerprint density at radius 3 is 2.51 bits per heavy atom. The van der Waals surface area contributed by atoms with Gasteiger partial charge in [-0.1, -0.05) is 54.6 Å². The molecule has 8 heteroatoms. The lowest BCUT2D eigenvalue weighted by molar-refractivity contribution is 0.251. The van der Waals surface area contributed by atoms with Crippen molar-refractivity contribution in [1.29, 1.82) is 0 Å². The van der Waals surface area contributed by atoms with E-state index in [2.05, 4.69) is 15.6 Å². The van der Waals surface area contributed by atoms with Crippen molar-refractivity contribution in [3.05, 3.63) is 114 Å². The summed E-state index contributed by atoms with van der Waals surface area (Å²) in [5.41, 5.74) is 9.74. The molecule has 0 bridgehead atoms. The summed E-state index contributed by atoms with van der Waals surface area (Å²) in [6.45, 7) is 0.359. The molecule has 0 radical (unpaired) electrons. The number of nitrogens with two attached hydrogens (primary N) is 1. The number of nitrogens with one attached hydrogen (secondary N) is 2. The van der Waals surface area contributed by atoms with Gasteiger partial charge in [-0.25, -0.2) is 13.2 Å². The zero-order valence-electron chi connectivity index (χ0n) is 19.2. The van der Waals surface area contributed by atoms with Crippen LogP contribution in [0, 0.1) is 5.92 Å². The second-order valence-corrected chi connectivity index (χ2v) is 10.7. The van der Waals surface area contributed by atoms with Gasteiger partial charge in [-0.15, -0.1) is 0 Å². The normalized spacial score (nSPS) is 17.1. The molecule has 2 unspecified atom stereocenters. The van der Waals surface area contributed by atoms with Crippen LogP contribution in [0.4, 0.5) is 16.2 Å². The third kappa shape index (κ3) is 7.04. The van der Waals surface area contributed by atoms with E-state index in [1.54, 1.807) is 42.7 Å². The Labute approximate surface area is 205 Å². The number of hydrogen-bond donors (Lipinski definition) is 3. The predicted molar refractivity (Wildman–Crippen MR) is 139 cm³/mol. The number of amides is 2. The summed E-state index contributed by atoms with van der Waals surface area (Å²) >= 11 is 0. The maximum atomic E-state index is 13.0. The number of hydrogen-bond acceptors (Lipinski definition) is 5. The first-order chi connectivity index (χ1) is 16.9. The Hall–Kier alpha value is -3.91. The molecule has 1 aliphatic carbocycles. The number of pyridine rings is 1. The third-order valence-corrected chi connectivity index (χ3v) is 7.43. The van der Waals surface area contributed by atoms with Gasteiger partial charge in [-0.05, 0) is 47.0 Å². The van der Waals surface area contributed by atoms with E-state index in [9.17, 15) is 13.2 Å². The molecule has 0 spiro atoms. The molecule has 1 heterocycles. The first kappa shape index (κ1) is 24.2. The quantitative estimate of drug-likeness (QED) is 0.406. The highest BCUT2D eigenvalue weighted by Crippen LogP contribution is 2.32. The van der Waals surface area contributed by atoms with E-state index >= 15 is 0 Å². The lowest BCUT2D eigenvalue weighted by Crippen LogP contribution is -2.28. The summed E-state index contributed by atoms with van der Waals surface area (Å²) in [7, 11) is -3.38. The van der Waals surface area contributed by atoms with Crippen molar-refractivity contribution >= 4 is 27.2 Å². The van der Waals surface area contributed by atoms with Crippen molar-refractivity contribution in [2.24, 2.45) is 5.92 Å². The smallest absolute Gasteiger partial charge is 0.319 e. The molecule has 3 aromatic rings. The molecule has 1 aliphatic rings. The number of allylic oxidation sites excluding steroid dienone is 4. The Kier molecular flexibility index (Phi) is 7.62. The monoisotopic (exact) mass is 488 g/mol. The van der Waals surface area contributed by atoms with E-state index < -0.39 is 9.84 Å². The molecule has 0 saturated carbocycles. The van der Waals surface area contributed by atoms with Gasteiger partial charge in [-0.2, -0.15) is 0 Å². The Morgan fingerprint density at radius 2 is 1.77 bits per heavy atom. The predicted octanol–water partition coefficient (Wildman–Crippen LogP) is 4.43. The zero-order chi connectivity index (χ0) is 24.7. The number of sulfone groups is 1. The molecule has 1 aromatic heterocycles. The number of benzene rings is 2. The maximum absolute atomic E-state index is 13.0. The molecule has 0 fully saturated rings. The minimum atomic E-state index is -3.38. The second-order valence-electron chi connectivity index (χ2n) is 8.55. The largest absolute Gasteiger partial charge is 0.399 e. The highest BCUT2D eigenvalue weighted by Gasteiger charge is 2.26. The molecule has 35 heavy (non-hydrogen) atoms. The van der Waals surface area contributed by atoms with E-state index in [1.165, 1.54) is 0 Å². The van der Waals surface area contributed by atoms with Crippen molar-refractivity contribution in [3.8, 4) is 0 Å². The average molecular weight is 489 g/mol. The Bertz CT molecular complexity index is 1320. The lowest BCUT2D eigenvalue weighted by Gasteiger charge is -2.25. The van der Waals surface area contributed by atoms with E-state index in [4.69, 9.17) is 5.73 Å². The van der Waals surface area contributed by atoms with Gasteiger partial charge in [0.15, 0.2) is 9.84 Å². The second kappa shape index (κ2) is 11.0. The number of nitrogens with zero attached hydrogens (tertiary/aromatic N) is 1. The number of rotatable bonds is 8. The van der Waals surface area contributed by atoms with Gasteiger partial charge in [0.2, 0.25) is 0 Å². The first-order valence-corrected chi connectivity index (χ1v) is 13.1. The van der Waals surface area contributed by atoms with Crippen molar-refractivity contribution in [1.82, 2.24) is 10.3 Å². The summed E-state index contributed by atoms with van der Waals surface area (Å²) in [6.07, 6.45) is 11.2. The summed E-state index contributed by atoms with van der Waals surface area (Å²) in [6, 6.07) is 17.8. The zero-order valence-corrected chi connectivity index (χ0v) is 20.0. The molecular weight excluding hydrogens is 460 g/mol. The van der Waals surface area contributed by atoms with Crippen LogP contribution in [0.15, 0.2) is 97.4 Å². The minimum Gasteiger partial charge on any atom is -0.399 e. The number of carbonyl (C=O) groups is 1. The highest BCUT2D eigenvalue weighted by molar-refractivity contribution is 7.90. The summed E-state index contributed by atoms with van der Waals surface area (Å²) in [4.78, 5) is 16.1. The number of aromatic nitrogens is 1. The van der Waals surface area contributed by atoms with Gasteiger partial charge in [0.05, 0.1) is 11.5 Å². The molecule has 7 nitrogen and oxygen atoms in total. The number of urea groups is 1. The van der Waals surface area contributed by atoms with E-state index in [0.717, 1.165) is 11.1 Å². The van der Waals surface area contributed by atoms with Crippen molar-refractivity contribution in [3.63, 3.8) is 0 Å². The third-order valence-electron chi connectivity index (χ3n) is 5.77. The molecule has 0 saturated heterocycles. The molecule has 0 aliphatic heterocycles. The van der Waals surface area contributed by atoms with Crippen LogP contribution in [0.25, 0.3) is 0 Å². The topological polar surface area (TPSA) is 114 Å². The van der Waals surface area contributed by atoms with Crippen LogP contribution >= 0.6 is 0 Å². The van der Waals surface area contributed by atoms with Crippen LogP contribution in [-0.4, -0.2) is 25.2 Å². The number of carbonyl (C=O) groups excluding carboxylic acids is 1. The standard InChI is InChI=1S/C27H28N4O3S/c28-24-8-3-7-22(15-24)26-9-2-1-6-23(26)19-35(33,34)18-20-10-12-25(13-11-20)31-27(32)30-17-21-5-4-14-29-16-21/h1-16,23,26H,17-19,28H2,(H2,30,31,32). The van der Waals surface area contributed by atoms with E-state index in [0.29, 0.717) is 23.5 Å². The molecule has 2 atom stereocenters. The van der Waals surface area contributed by atoms with E-state index in [-0.39, 0.29) is 29.4 Å². The fourth-order valence-corrected chi connectivity index (χ4v) is 5.81. The molecule has 180 valence electrons. The summed E-state index contributed by atoms with van der Waals surface area (Å²) in [5.74, 6) is -0.256. The SMILES string of the molecule is Nc1cccc(C2C=CC=CC2CS(=O)(=O)Cc2ccc(NC(=O)NCc3cccnc3)cc2)c1. The van der Waals surface area contributed by atoms with Gasteiger partial charge in [-0.3, -0.25) is 4.98 Å². The van der Waals surface area contributed by atoms with Crippen molar-refractivity contribution in [2.75, 3.05) is 16.8 Å². The van der Waals surface area contributed by atoms with Crippen LogP contribution < -0.4 is 16.4 Å². The molecular formula is C27H28N4O3S. The van der Waals surface area contributed by atoms with Gasteiger partial charge < -0.3 is 16.4 Å². The summed E-state index contributed by atoms with van der Waals surface area (Å²) < 4.78 is 26.1. The molecule has 2 aromatic carbocycles. The lowest BCUT2D eigenvalue weighted by atomic mass is 9.84. The number of anilines is 2. The number of nitrogen functional groups attached to an aromatic ring is 1. The average Bonchev–Trinajstić information content (AvgIpc) is 2.84. The highest BCUT2D eigenvalue weighted by atomic mass is 32.2. The van der Waals surface area contributed by atoms with Gasteiger partial charge in [0, 0.05) is 42.1 Å². The van der Waals surface area contributed by atoms with Crippen LogP contribution in [0.2, 0.25) is 0 Å². The van der Waals surface area contributed by atoms with Crippen molar-refractivity contribution in [2.45, 2.75) is 18.2 Å². The molecule has 2 amide bonds. The van der Waals surface area contributed by atoms with E-state index in [1.807, 2.05) is 54.6 Å². The fraction of sp³-hybridized carbons (Fsp3) is 0.185. The molecule has 4 N–H and O–H groups in total. The van der Waals surface area contributed by atoms with Crippen LogP contribution in [0.1, 0.15) is 22.6 Å². The Morgan fingerprint density at radius 1 is 0.971 bits per heavy atom.